The van der Waals surface area contributed by atoms with Crippen molar-refractivity contribution in [3.63, 3.8) is 0 Å². The summed E-state index contributed by atoms with van der Waals surface area (Å²) >= 11 is 0. The van der Waals surface area contributed by atoms with E-state index in [4.69, 9.17) is 9.72 Å². The Morgan fingerprint density at radius 1 is 0.966 bits per heavy atom. The number of aromatic nitrogens is 1. The first kappa shape index (κ1) is 19.6. The van der Waals surface area contributed by atoms with Crippen molar-refractivity contribution >= 4 is 0 Å². The molecule has 1 unspecified atom stereocenters. The molecular formula is C25H29N3O. The summed E-state index contributed by atoms with van der Waals surface area (Å²) < 4.78 is 6.30. The molecule has 0 radical (unpaired) electrons. The summed E-state index contributed by atoms with van der Waals surface area (Å²) in [6.45, 7) is 6.74. The third-order valence-electron chi connectivity index (χ3n) is 5.40. The minimum Gasteiger partial charge on any atom is -0.489 e. The number of nitrogens with zero attached hydrogens (tertiary/aromatic N) is 2. The van der Waals surface area contributed by atoms with Gasteiger partial charge in [0.1, 0.15) is 12.4 Å². The Bertz CT molecular complexity index is 887. The van der Waals surface area contributed by atoms with Crippen molar-refractivity contribution in [2.45, 2.75) is 26.0 Å². The van der Waals surface area contributed by atoms with Gasteiger partial charge in [0.25, 0.3) is 0 Å². The van der Waals surface area contributed by atoms with Crippen LogP contribution in [0, 0.1) is 6.92 Å². The lowest BCUT2D eigenvalue weighted by atomic mass is 9.99. The van der Waals surface area contributed by atoms with Crippen LogP contribution in [0.25, 0.3) is 0 Å². The van der Waals surface area contributed by atoms with Crippen molar-refractivity contribution in [1.82, 2.24) is 15.2 Å². The predicted octanol–water partition coefficient (Wildman–Crippen LogP) is 4.35. The van der Waals surface area contributed by atoms with Gasteiger partial charge in [-0.1, -0.05) is 54.6 Å². The molecule has 1 fully saturated rings. The molecule has 0 bridgehead atoms. The maximum atomic E-state index is 6.30. The molecule has 29 heavy (non-hydrogen) atoms. The number of nitrogens with one attached hydrogen (secondary N) is 1. The molecule has 1 saturated heterocycles. The Hall–Kier alpha value is -2.69. The van der Waals surface area contributed by atoms with Crippen molar-refractivity contribution in [2.24, 2.45) is 0 Å². The summed E-state index contributed by atoms with van der Waals surface area (Å²) in [5, 5.41) is 3.51. The van der Waals surface area contributed by atoms with Gasteiger partial charge in [-0.05, 0) is 43.1 Å². The number of ether oxygens (including phenoxy) is 1. The molecule has 0 aliphatic carbocycles. The van der Waals surface area contributed by atoms with Gasteiger partial charge in [-0.15, -0.1) is 0 Å². The summed E-state index contributed by atoms with van der Waals surface area (Å²) in [7, 11) is 0. The molecule has 2 heterocycles. The first-order valence-corrected chi connectivity index (χ1v) is 10.4. The molecule has 0 spiro atoms. The smallest absolute Gasteiger partial charge is 0.124 e. The zero-order valence-corrected chi connectivity index (χ0v) is 17.1. The molecule has 4 nitrogen and oxygen atoms in total. The lowest BCUT2D eigenvalue weighted by Gasteiger charge is -2.31. The lowest BCUT2D eigenvalue weighted by Crippen LogP contribution is -2.33. The molecule has 1 atom stereocenters. The minimum atomic E-state index is 0.0856. The second kappa shape index (κ2) is 9.68. The van der Waals surface area contributed by atoms with Gasteiger partial charge in [-0.2, -0.15) is 0 Å². The van der Waals surface area contributed by atoms with Crippen LogP contribution in [0.1, 0.15) is 34.8 Å². The highest BCUT2D eigenvalue weighted by Crippen LogP contribution is 2.34. The van der Waals surface area contributed by atoms with Crippen LogP contribution in [-0.2, 0) is 6.61 Å². The van der Waals surface area contributed by atoms with Crippen LogP contribution < -0.4 is 10.1 Å². The second-order valence-corrected chi connectivity index (χ2v) is 7.61. The van der Waals surface area contributed by atoms with E-state index in [9.17, 15) is 0 Å². The number of para-hydroxylation sites is 1. The van der Waals surface area contributed by atoms with Gasteiger partial charge >= 0.3 is 0 Å². The number of hydrogen-bond acceptors (Lipinski definition) is 4. The Morgan fingerprint density at radius 2 is 1.79 bits per heavy atom. The highest BCUT2D eigenvalue weighted by atomic mass is 16.5. The fourth-order valence-electron chi connectivity index (χ4n) is 3.88. The van der Waals surface area contributed by atoms with E-state index in [1.54, 1.807) is 0 Å². The Morgan fingerprint density at radius 3 is 2.62 bits per heavy atom. The van der Waals surface area contributed by atoms with E-state index in [1.807, 2.05) is 30.5 Å². The predicted molar refractivity (Wildman–Crippen MR) is 117 cm³/mol. The van der Waals surface area contributed by atoms with E-state index < -0.39 is 0 Å². The van der Waals surface area contributed by atoms with Gasteiger partial charge in [0.05, 0.1) is 11.7 Å². The van der Waals surface area contributed by atoms with Gasteiger partial charge in [0.15, 0.2) is 0 Å². The van der Waals surface area contributed by atoms with Crippen LogP contribution in [0.3, 0.4) is 0 Å². The fourth-order valence-corrected chi connectivity index (χ4v) is 3.88. The number of rotatable bonds is 6. The monoisotopic (exact) mass is 387 g/mol. The Kier molecular flexibility index (Phi) is 6.55. The second-order valence-electron chi connectivity index (χ2n) is 7.61. The maximum absolute atomic E-state index is 6.30. The molecule has 150 valence electrons. The highest BCUT2D eigenvalue weighted by Gasteiger charge is 2.27. The van der Waals surface area contributed by atoms with Crippen molar-refractivity contribution in [1.29, 1.82) is 0 Å². The largest absolute Gasteiger partial charge is 0.489 e. The molecule has 3 aromatic rings. The molecule has 4 rings (SSSR count). The molecule has 1 aromatic heterocycles. The van der Waals surface area contributed by atoms with Crippen molar-refractivity contribution in [3.05, 3.63) is 95.3 Å². The number of aryl methyl sites for hydroxylation is 1. The topological polar surface area (TPSA) is 37.4 Å². The molecule has 0 amide bonds. The summed E-state index contributed by atoms with van der Waals surface area (Å²) in [6.07, 6.45) is 3.10. The highest BCUT2D eigenvalue weighted by molar-refractivity contribution is 5.40. The third kappa shape index (κ3) is 5.03. The van der Waals surface area contributed by atoms with E-state index in [0.717, 1.165) is 44.0 Å². The average molecular weight is 388 g/mol. The summed E-state index contributed by atoms with van der Waals surface area (Å²) in [6, 6.07) is 23.1. The van der Waals surface area contributed by atoms with E-state index >= 15 is 0 Å². The Labute approximate surface area is 173 Å². The van der Waals surface area contributed by atoms with E-state index in [-0.39, 0.29) is 6.04 Å². The molecule has 0 saturated carbocycles. The van der Waals surface area contributed by atoms with Gasteiger partial charge < -0.3 is 10.1 Å². The van der Waals surface area contributed by atoms with Gasteiger partial charge in [0.2, 0.25) is 0 Å². The first-order chi connectivity index (χ1) is 14.3. The van der Waals surface area contributed by atoms with Crippen molar-refractivity contribution in [2.75, 3.05) is 26.2 Å². The molecule has 2 aromatic carbocycles. The van der Waals surface area contributed by atoms with Gasteiger partial charge in [-0.3, -0.25) is 9.88 Å². The molecular weight excluding hydrogens is 358 g/mol. The molecule has 1 aliphatic rings. The van der Waals surface area contributed by atoms with Crippen LogP contribution in [0.2, 0.25) is 0 Å². The van der Waals surface area contributed by atoms with Gasteiger partial charge in [-0.25, -0.2) is 0 Å². The fraction of sp³-hybridized carbons (Fsp3) is 0.320. The number of benzene rings is 2. The zero-order valence-electron chi connectivity index (χ0n) is 17.1. The zero-order chi connectivity index (χ0) is 19.9. The van der Waals surface area contributed by atoms with Crippen LogP contribution >= 0.6 is 0 Å². The minimum absolute atomic E-state index is 0.0856. The van der Waals surface area contributed by atoms with E-state index in [2.05, 4.69) is 59.6 Å². The summed E-state index contributed by atoms with van der Waals surface area (Å²) in [5.41, 5.74) is 4.61. The van der Waals surface area contributed by atoms with Crippen LogP contribution in [-0.4, -0.2) is 36.1 Å². The lowest BCUT2D eigenvalue weighted by molar-refractivity contribution is 0.227. The van der Waals surface area contributed by atoms with Crippen molar-refractivity contribution in [3.8, 4) is 5.75 Å². The standard InChI is InChI=1S/C25H29N3O/c1-20-12-13-23(27-18-20)25(28-16-7-14-26-15-17-28)22-10-5-6-11-24(22)29-19-21-8-3-2-4-9-21/h2-6,8-13,18,25-26H,7,14-17,19H2,1H3. The number of pyridine rings is 1. The van der Waals surface area contributed by atoms with E-state index in [0.29, 0.717) is 6.61 Å². The van der Waals surface area contributed by atoms with Gasteiger partial charge in [0, 0.05) is 31.4 Å². The normalized spacial score (nSPS) is 16.2. The average Bonchev–Trinajstić information content (AvgIpc) is 3.05. The molecule has 4 heteroatoms. The number of hydrogen-bond donors (Lipinski definition) is 1. The van der Waals surface area contributed by atoms with Crippen LogP contribution in [0.15, 0.2) is 72.9 Å². The molecule has 1 N–H and O–H groups in total. The van der Waals surface area contributed by atoms with Crippen molar-refractivity contribution < 1.29 is 4.74 Å². The quantitative estimate of drug-likeness (QED) is 0.682. The summed E-state index contributed by atoms with van der Waals surface area (Å²) in [4.78, 5) is 7.33. The first-order valence-electron chi connectivity index (χ1n) is 10.4. The van der Waals surface area contributed by atoms with Crippen LogP contribution in [0.4, 0.5) is 0 Å². The Balaban J connectivity index is 1.67. The maximum Gasteiger partial charge on any atom is 0.124 e. The third-order valence-corrected chi connectivity index (χ3v) is 5.40. The SMILES string of the molecule is Cc1ccc(C(c2ccccc2OCc2ccccc2)N2CCCNCC2)nc1. The van der Waals surface area contributed by atoms with E-state index in [1.165, 1.54) is 16.7 Å². The summed E-state index contributed by atoms with van der Waals surface area (Å²) in [5.74, 6) is 0.931. The molecule has 1 aliphatic heterocycles. The van der Waals surface area contributed by atoms with Crippen LogP contribution in [0.5, 0.6) is 5.75 Å².